The van der Waals surface area contributed by atoms with Crippen molar-refractivity contribution in [1.29, 1.82) is 5.26 Å². The highest BCUT2D eigenvalue weighted by Gasteiger charge is 2.13. The number of nitrogens with zero attached hydrogens (tertiary/aromatic N) is 2. The van der Waals surface area contributed by atoms with Crippen LogP contribution in [-0.4, -0.2) is 4.98 Å². The van der Waals surface area contributed by atoms with Crippen LogP contribution in [0, 0.1) is 31.0 Å². The molecule has 23 heavy (non-hydrogen) atoms. The van der Waals surface area contributed by atoms with E-state index in [4.69, 9.17) is 5.26 Å². The Morgan fingerprint density at radius 2 is 1.74 bits per heavy atom. The zero-order chi connectivity index (χ0) is 16.4. The van der Waals surface area contributed by atoms with Crippen molar-refractivity contribution in [3.63, 3.8) is 0 Å². The Bertz CT molecular complexity index is 909. The van der Waals surface area contributed by atoms with Gasteiger partial charge in [-0.1, -0.05) is 24.3 Å². The summed E-state index contributed by atoms with van der Waals surface area (Å²) in [5.74, 6) is -0.490. The molecule has 0 unspecified atom stereocenters. The van der Waals surface area contributed by atoms with Crippen molar-refractivity contribution in [3.8, 4) is 28.5 Å². The van der Waals surface area contributed by atoms with Crippen molar-refractivity contribution in [1.82, 2.24) is 4.98 Å². The first-order chi connectivity index (χ1) is 11.1. The zero-order valence-corrected chi connectivity index (χ0v) is 13.0. The van der Waals surface area contributed by atoms with Gasteiger partial charge >= 0.3 is 0 Å². The monoisotopic (exact) mass is 302 g/mol. The molecule has 3 aromatic rings. The molecule has 0 aliphatic rings. The van der Waals surface area contributed by atoms with Gasteiger partial charge in [-0.15, -0.1) is 0 Å². The smallest absolute Gasteiger partial charge is 0.141 e. The molecule has 0 aliphatic carbocycles. The van der Waals surface area contributed by atoms with E-state index in [1.165, 1.54) is 6.07 Å². The van der Waals surface area contributed by atoms with E-state index in [0.29, 0.717) is 0 Å². The predicted octanol–water partition coefficient (Wildman–Crippen LogP) is 5.04. The van der Waals surface area contributed by atoms with Crippen LogP contribution in [0.1, 0.15) is 16.7 Å². The molecule has 2 aromatic carbocycles. The highest BCUT2D eigenvalue weighted by Crippen LogP contribution is 2.33. The van der Waals surface area contributed by atoms with Gasteiger partial charge in [-0.3, -0.25) is 4.98 Å². The quantitative estimate of drug-likeness (QED) is 0.664. The number of pyridine rings is 1. The fourth-order valence-corrected chi connectivity index (χ4v) is 2.78. The summed E-state index contributed by atoms with van der Waals surface area (Å²) >= 11 is 0. The number of aryl methyl sites for hydroxylation is 1. The maximum Gasteiger partial charge on any atom is 0.141 e. The molecule has 0 bridgehead atoms. The summed E-state index contributed by atoms with van der Waals surface area (Å²) in [5, 5.41) is 8.95. The summed E-state index contributed by atoms with van der Waals surface area (Å²) in [6.45, 7) is 3.90. The number of rotatable bonds is 2. The average Bonchev–Trinajstić information content (AvgIpc) is 2.58. The Balaban J connectivity index is 2.20. The van der Waals surface area contributed by atoms with Gasteiger partial charge in [0.25, 0.3) is 0 Å². The fourth-order valence-electron chi connectivity index (χ4n) is 2.78. The fraction of sp³-hybridized carbons (Fsp3) is 0.100. The van der Waals surface area contributed by atoms with Gasteiger partial charge in [-0.2, -0.15) is 5.26 Å². The van der Waals surface area contributed by atoms with E-state index in [-0.39, 0.29) is 5.56 Å². The molecule has 0 atom stereocenters. The Labute approximate surface area is 134 Å². The van der Waals surface area contributed by atoms with Crippen LogP contribution in [0.25, 0.3) is 22.4 Å². The topological polar surface area (TPSA) is 36.7 Å². The zero-order valence-electron chi connectivity index (χ0n) is 13.0. The van der Waals surface area contributed by atoms with Crippen LogP contribution < -0.4 is 0 Å². The third kappa shape index (κ3) is 2.72. The minimum atomic E-state index is -0.490. The van der Waals surface area contributed by atoms with Gasteiger partial charge in [-0.25, -0.2) is 4.39 Å². The summed E-state index contributed by atoms with van der Waals surface area (Å²) in [7, 11) is 0. The molecule has 0 radical (unpaired) electrons. The number of aromatic nitrogens is 1. The molecule has 0 fully saturated rings. The van der Waals surface area contributed by atoms with Crippen molar-refractivity contribution in [2.24, 2.45) is 0 Å². The molecule has 2 nitrogen and oxygen atoms in total. The van der Waals surface area contributed by atoms with Crippen LogP contribution in [0.15, 0.2) is 54.7 Å². The van der Waals surface area contributed by atoms with Gasteiger partial charge in [0.15, 0.2) is 0 Å². The van der Waals surface area contributed by atoms with Gasteiger partial charge in [-0.05, 0) is 60.4 Å². The number of benzene rings is 2. The second-order valence-electron chi connectivity index (χ2n) is 5.45. The van der Waals surface area contributed by atoms with Crippen molar-refractivity contribution in [2.75, 3.05) is 0 Å². The molecule has 3 heteroatoms. The maximum atomic E-state index is 14.0. The lowest BCUT2D eigenvalue weighted by Crippen LogP contribution is -1.94. The van der Waals surface area contributed by atoms with Crippen molar-refractivity contribution in [2.45, 2.75) is 13.8 Å². The van der Waals surface area contributed by atoms with Crippen molar-refractivity contribution >= 4 is 0 Å². The lowest BCUT2D eigenvalue weighted by atomic mass is 9.91. The minimum Gasteiger partial charge on any atom is -0.256 e. The summed E-state index contributed by atoms with van der Waals surface area (Å²) in [5.41, 5.74) is 5.66. The Kier molecular flexibility index (Phi) is 3.91. The molecule has 0 aliphatic heterocycles. The molecule has 1 aromatic heterocycles. The van der Waals surface area contributed by atoms with Gasteiger partial charge < -0.3 is 0 Å². The van der Waals surface area contributed by atoms with Crippen LogP contribution >= 0.6 is 0 Å². The Morgan fingerprint density at radius 1 is 0.957 bits per heavy atom. The molecule has 0 amide bonds. The second kappa shape index (κ2) is 6.02. The molecule has 3 rings (SSSR count). The van der Waals surface area contributed by atoms with Crippen LogP contribution in [0.5, 0.6) is 0 Å². The highest BCUT2D eigenvalue weighted by atomic mass is 19.1. The normalized spacial score (nSPS) is 10.3. The lowest BCUT2D eigenvalue weighted by Gasteiger charge is -2.14. The van der Waals surface area contributed by atoms with Gasteiger partial charge in [0, 0.05) is 11.8 Å². The number of nitriles is 1. The Hall–Kier alpha value is -2.99. The van der Waals surface area contributed by atoms with Crippen molar-refractivity contribution < 1.29 is 4.39 Å². The first kappa shape index (κ1) is 14.9. The third-order valence-electron chi connectivity index (χ3n) is 4.00. The molecule has 1 heterocycles. The number of hydrogen-bond donors (Lipinski definition) is 0. The number of halogens is 1. The largest absolute Gasteiger partial charge is 0.256 e. The summed E-state index contributed by atoms with van der Waals surface area (Å²) < 4.78 is 14.0. The molecule has 0 spiro atoms. The Morgan fingerprint density at radius 3 is 2.43 bits per heavy atom. The standard InChI is InChI=1S/C20H15FN2/c1-13-10-15(12-22)19(21)11-18(13)16-6-5-7-17(14(16)2)20-8-3-4-9-23-20/h3-11H,1-2H3. The van der Waals surface area contributed by atoms with Crippen LogP contribution in [0.3, 0.4) is 0 Å². The second-order valence-corrected chi connectivity index (χ2v) is 5.45. The minimum absolute atomic E-state index is 0.0739. The third-order valence-corrected chi connectivity index (χ3v) is 4.00. The number of hydrogen-bond acceptors (Lipinski definition) is 2. The highest BCUT2D eigenvalue weighted by molar-refractivity contribution is 5.78. The lowest BCUT2D eigenvalue weighted by molar-refractivity contribution is 0.624. The van der Waals surface area contributed by atoms with E-state index in [1.54, 1.807) is 12.3 Å². The van der Waals surface area contributed by atoms with E-state index in [1.807, 2.05) is 56.3 Å². The van der Waals surface area contributed by atoms with E-state index in [0.717, 1.165) is 33.5 Å². The summed E-state index contributed by atoms with van der Waals surface area (Å²) in [6, 6.07) is 16.6. The average molecular weight is 302 g/mol. The van der Waals surface area contributed by atoms with Gasteiger partial charge in [0.1, 0.15) is 11.9 Å². The van der Waals surface area contributed by atoms with Gasteiger partial charge in [0.2, 0.25) is 0 Å². The first-order valence-corrected chi connectivity index (χ1v) is 7.33. The molecule has 0 saturated heterocycles. The van der Waals surface area contributed by atoms with Crippen LogP contribution in [0.2, 0.25) is 0 Å². The molecular formula is C20H15FN2. The van der Waals surface area contributed by atoms with E-state index >= 15 is 0 Å². The maximum absolute atomic E-state index is 14.0. The van der Waals surface area contributed by atoms with E-state index in [2.05, 4.69) is 4.98 Å². The summed E-state index contributed by atoms with van der Waals surface area (Å²) in [4.78, 5) is 4.39. The van der Waals surface area contributed by atoms with Crippen LogP contribution in [0.4, 0.5) is 4.39 Å². The first-order valence-electron chi connectivity index (χ1n) is 7.33. The van der Waals surface area contributed by atoms with Gasteiger partial charge in [0.05, 0.1) is 11.3 Å². The molecule has 112 valence electrons. The van der Waals surface area contributed by atoms with Crippen LogP contribution in [-0.2, 0) is 0 Å². The molecular weight excluding hydrogens is 287 g/mol. The van der Waals surface area contributed by atoms with E-state index < -0.39 is 5.82 Å². The van der Waals surface area contributed by atoms with Crippen molar-refractivity contribution in [3.05, 3.63) is 77.2 Å². The van der Waals surface area contributed by atoms with E-state index in [9.17, 15) is 4.39 Å². The predicted molar refractivity (Wildman–Crippen MR) is 89.3 cm³/mol. The molecule has 0 N–H and O–H groups in total. The molecule has 0 saturated carbocycles. The SMILES string of the molecule is Cc1cc(C#N)c(F)cc1-c1cccc(-c2ccccn2)c1C. The summed E-state index contributed by atoms with van der Waals surface area (Å²) in [6.07, 6.45) is 1.76.